The maximum atomic E-state index is 15.2. The van der Waals surface area contributed by atoms with E-state index in [-0.39, 0.29) is 24.2 Å². The molecule has 1 amide bonds. The van der Waals surface area contributed by atoms with Crippen molar-refractivity contribution in [2.45, 2.75) is 6.04 Å². The van der Waals surface area contributed by atoms with Crippen molar-refractivity contribution in [3.63, 3.8) is 0 Å². The first-order chi connectivity index (χ1) is 22.4. The Morgan fingerprint density at radius 2 is 1.87 bits per heavy atom. The number of carbonyl (C=O) groups excluding carboxylic acids is 2. The highest BCUT2D eigenvalue weighted by molar-refractivity contribution is 6.06. The molecule has 1 aliphatic rings. The Labute approximate surface area is 264 Å². The minimum Gasteiger partial charge on any atom is -0.465 e. The Hall–Kier alpha value is -5.18. The second-order valence-electron chi connectivity index (χ2n) is 10.9. The molecule has 3 aromatic heterocycles. The van der Waals surface area contributed by atoms with E-state index in [0.29, 0.717) is 39.1 Å². The maximum absolute atomic E-state index is 15.2. The average Bonchev–Trinajstić information content (AvgIpc) is 3.72. The molecular formula is C32H34FN9O4. The number of ether oxygens (including phenoxy) is 2. The number of esters is 1. The molecule has 13 nitrogen and oxygen atoms in total. The fourth-order valence-corrected chi connectivity index (χ4v) is 5.53. The number of fused-ring (bicyclic) bond motifs is 1. The van der Waals surface area contributed by atoms with Gasteiger partial charge < -0.3 is 30.0 Å². The van der Waals surface area contributed by atoms with E-state index in [1.807, 2.05) is 6.07 Å². The number of likely N-dealkylation sites (N-methyl/N-ethyl adjacent to an activating group) is 1. The van der Waals surface area contributed by atoms with Gasteiger partial charge in [-0.05, 0) is 25.2 Å². The third-order valence-corrected chi connectivity index (χ3v) is 7.97. The van der Waals surface area contributed by atoms with Crippen LogP contribution in [0.25, 0.3) is 27.8 Å². The Morgan fingerprint density at radius 1 is 1.07 bits per heavy atom. The number of benzene rings is 2. The zero-order chi connectivity index (χ0) is 32.2. The van der Waals surface area contributed by atoms with Crippen LogP contribution in [-0.4, -0.2) is 107 Å². The molecule has 1 atom stereocenters. The molecule has 1 aliphatic heterocycles. The van der Waals surface area contributed by atoms with Crippen LogP contribution in [-0.2, 0) is 14.3 Å². The van der Waals surface area contributed by atoms with E-state index >= 15 is 4.39 Å². The quantitative estimate of drug-likeness (QED) is 0.196. The number of hydrogen-bond donors (Lipinski definition) is 3. The van der Waals surface area contributed by atoms with E-state index in [0.717, 1.165) is 32.4 Å². The summed E-state index contributed by atoms with van der Waals surface area (Å²) in [5.41, 5.74) is 3.18. The van der Waals surface area contributed by atoms with Crippen molar-refractivity contribution in [1.29, 1.82) is 0 Å². The molecule has 0 bridgehead atoms. The number of halogens is 1. The zero-order valence-corrected chi connectivity index (χ0v) is 25.7. The topological polar surface area (TPSA) is 143 Å². The Kier molecular flexibility index (Phi) is 9.01. The summed E-state index contributed by atoms with van der Waals surface area (Å²) in [6.07, 6.45) is 5.95. The van der Waals surface area contributed by atoms with Gasteiger partial charge in [0, 0.05) is 50.4 Å². The van der Waals surface area contributed by atoms with Crippen LogP contribution in [0.5, 0.6) is 0 Å². The van der Waals surface area contributed by atoms with Crippen molar-refractivity contribution in [3.8, 4) is 16.9 Å². The van der Waals surface area contributed by atoms with Crippen LogP contribution in [0.2, 0.25) is 0 Å². The summed E-state index contributed by atoms with van der Waals surface area (Å²) in [5.74, 6) is -1.13. The zero-order valence-electron chi connectivity index (χ0n) is 25.7. The molecule has 0 aliphatic carbocycles. The Bertz CT molecular complexity index is 1870. The Balaban J connectivity index is 1.24. The number of hydrogen-bond acceptors (Lipinski definition) is 10. The minimum atomic E-state index is -0.612. The van der Waals surface area contributed by atoms with Crippen molar-refractivity contribution in [2.24, 2.45) is 0 Å². The molecule has 1 saturated heterocycles. The number of para-hydroxylation sites is 2. The summed E-state index contributed by atoms with van der Waals surface area (Å²) >= 11 is 0. The lowest BCUT2D eigenvalue weighted by Crippen LogP contribution is -2.54. The van der Waals surface area contributed by atoms with Crippen molar-refractivity contribution < 1.29 is 23.5 Å². The second-order valence-corrected chi connectivity index (χ2v) is 10.9. The lowest BCUT2D eigenvalue weighted by atomic mass is 10.1. The highest BCUT2D eigenvalue weighted by Gasteiger charge is 2.29. The van der Waals surface area contributed by atoms with Crippen LogP contribution in [0, 0.1) is 5.82 Å². The number of methoxy groups -OCH3 is 2. The summed E-state index contributed by atoms with van der Waals surface area (Å²) < 4.78 is 27.0. The summed E-state index contributed by atoms with van der Waals surface area (Å²) in [6.45, 7) is 3.53. The molecule has 6 rings (SSSR count). The van der Waals surface area contributed by atoms with E-state index in [2.05, 4.69) is 47.5 Å². The number of nitrogens with zero attached hydrogens (tertiary/aromatic N) is 6. The van der Waals surface area contributed by atoms with Gasteiger partial charge in [0.25, 0.3) is 0 Å². The van der Waals surface area contributed by atoms with E-state index < -0.39 is 17.8 Å². The van der Waals surface area contributed by atoms with Crippen LogP contribution >= 0.6 is 0 Å². The molecule has 5 aromatic rings. The van der Waals surface area contributed by atoms with Gasteiger partial charge in [-0.25, -0.2) is 23.8 Å². The molecule has 1 fully saturated rings. The van der Waals surface area contributed by atoms with Crippen molar-refractivity contribution in [3.05, 3.63) is 78.6 Å². The molecule has 46 heavy (non-hydrogen) atoms. The van der Waals surface area contributed by atoms with Gasteiger partial charge in [0.1, 0.15) is 11.7 Å². The molecule has 0 spiro atoms. The predicted octanol–water partition coefficient (Wildman–Crippen LogP) is 3.68. The summed E-state index contributed by atoms with van der Waals surface area (Å²) in [6, 6.07) is 11.9. The number of nitrogens with one attached hydrogen (secondary N) is 3. The van der Waals surface area contributed by atoms with Crippen LogP contribution in [0.1, 0.15) is 10.4 Å². The summed E-state index contributed by atoms with van der Waals surface area (Å²) in [7, 11) is 4.97. The number of piperazine rings is 1. The van der Waals surface area contributed by atoms with Crippen LogP contribution in [0.4, 0.5) is 21.7 Å². The molecule has 0 saturated carbocycles. The first-order valence-electron chi connectivity index (χ1n) is 14.7. The normalized spacial score (nSPS) is 14.7. The highest BCUT2D eigenvalue weighted by atomic mass is 19.1. The van der Waals surface area contributed by atoms with Gasteiger partial charge in [0.2, 0.25) is 11.9 Å². The van der Waals surface area contributed by atoms with Crippen molar-refractivity contribution in [1.82, 2.24) is 34.5 Å². The molecule has 2 aromatic carbocycles. The molecule has 0 unspecified atom stereocenters. The van der Waals surface area contributed by atoms with Gasteiger partial charge in [0.15, 0.2) is 5.82 Å². The lowest BCUT2D eigenvalue weighted by molar-refractivity contribution is -0.124. The van der Waals surface area contributed by atoms with Gasteiger partial charge >= 0.3 is 5.97 Å². The average molecular weight is 628 g/mol. The monoisotopic (exact) mass is 627 g/mol. The van der Waals surface area contributed by atoms with Crippen LogP contribution in [0.3, 0.4) is 0 Å². The van der Waals surface area contributed by atoms with Gasteiger partial charge in [-0.15, -0.1) is 0 Å². The van der Waals surface area contributed by atoms with Gasteiger partial charge in [0.05, 0.1) is 60.4 Å². The third kappa shape index (κ3) is 6.31. The number of anilines is 3. The third-order valence-electron chi connectivity index (χ3n) is 7.97. The van der Waals surface area contributed by atoms with E-state index in [9.17, 15) is 9.59 Å². The van der Waals surface area contributed by atoms with E-state index in [1.165, 1.54) is 11.8 Å². The molecule has 4 heterocycles. The number of rotatable bonds is 10. The SMILES string of the molecule is COC[C@H](C(=O)Nc1cccc2c(-c3nc(Nc4cnn(-c5ccccc5C(=O)OC)c4)ncc3F)c[nH]c12)N1CCN(C)CC1. The van der Waals surface area contributed by atoms with Gasteiger partial charge in [-0.3, -0.25) is 9.69 Å². The number of amides is 1. The van der Waals surface area contributed by atoms with Crippen LogP contribution in [0.15, 0.2) is 67.3 Å². The molecule has 238 valence electrons. The number of H-pyrrole nitrogens is 1. The van der Waals surface area contributed by atoms with E-state index in [4.69, 9.17) is 9.47 Å². The van der Waals surface area contributed by atoms with Crippen molar-refractivity contribution in [2.75, 3.05) is 64.7 Å². The van der Waals surface area contributed by atoms with Crippen LogP contribution < -0.4 is 10.6 Å². The first-order valence-corrected chi connectivity index (χ1v) is 14.7. The summed E-state index contributed by atoms with van der Waals surface area (Å²) in [5, 5.41) is 11.1. The summed E-state index contributed by atoms with van der Waals surface area (Å²) in [4.78, 5) is 41.8. The fourth-order valence-electron chi connectivity index (χ4n) is 5.53. The first kappa shape index (κ1) is 30.8. The fraction of sp³-hybridized carbons (Fsp3) is 0.281. The smallest absolute Gasteiger partial charge is 0.340 e. The standard InChI is InChI=1S/C32H34FN9O4/c1-40-11-13-41(14-12-40)27(19-45-2)30(43)38-25-9-6-8-21-23(16-34-29(21)25)28-24(33)17-35-32(39-28)37-20-15-36-42(18-20)26-10-5-4-7-22(26)31(44)46-3/h4-10,15-18,27,34H,11-14,19H2,1-3H3,(H,38,43)(H,35,37,39)/t27-/m1/s1. The molecule has 3 N–H and O–H groups in total. The predicted molar refractivity (Wildman–Crippen MR) is 171 cm³/mol. The van der Waals surface area contributed by atoms with E-state index in [1.54, 1.807) is 62.1 Å². The second kappa shape index (κ2) is 13.4. The number of aromatic amines is 1. The van der Waals surface area contributed by atoms with Gasteiger partial charge in [-0.1, -0.05) is 24.3 Å². The maximum Gasteiger partial charge on any atom is 0.340 e. The molecule has 0 radical (unpaired) electrons. The largest absolute Gasteiger partial charge is 0.465 e. The van der Waals surface area contributed by atoms with Gasteiger partial charge in [-0.2, -0.15) is 5.10 Å². The van der Waals surface area contributed by atoms with Crippen molar-refractivity contribution >= 4 is 40.1 Å². The molecule has 14 heteroatoms. The minimum absolute atomic E-state index is 0.0744. The Morgan fingerprint density at radius 3 is 2.65 bits per heavy atom. The number of aromatic nitrogens is 5. The molecular weight excluding hydrogens is 593 g/mol. The number of carbonyl (C=O) groups is 2. The highest BCUT2D eigenvalue weighted by Crippen LogP contribution is 2.33. The lowest BCUT2D eigenvalue weighted by Gasteiger charge is -2.36.